The van der Waals surface area contributed by atoms with Gasteiger partial charge in [-0.3, -0.25) is 4.72 Å². The molecule has 0 bridgehead atoms. The van der Waals surface area contributed by atoms with Gasteiger partial charge in [0.2, 0.25) is 0 Å². The predicted octanol–water partition coefficient (Wildman–Crippen LogP) is 2.99. The van der Waals surface area contributed by atoms with E-state index in [1.54, 1.807) is 22.6 Å². The number of nitrogens with one attached hydrogen (secondary N) is 1. The zero-order chi connectivity index (χ0) is 14.9. The Hall–Kier alpha value is -1.20. The van der Waals surface area contributed by atoms with Gasteiger partial charge in [-0.25, -0.2) is 17.6 Å². The molecule has 2 N–H and O–H groups in total. The van der Waals surface area contributed by atoms with Gasteiger partial charge in [-0.2, -0.15) is 0 Å². The van der Waals surface area contributed by atoms with Crippen molar-refractivity contribution in [1.82, 2.24) is 0 Å². The van der Waals surface area contributed by atoms with E-state index in [1.165, 1.54) is 24.3 Å². The third-order valence-electron chi connectivity index (χ3n) is 2.23. The monoisotopic (exact) mass is 427 g/mol. The number of carbonyl (C=O) groups is 1. The molecule has 2 aromatic rings. The lowest BCUT2D eigenvalue weighted by molar-refractivity contribution is 0.0702. The summed E-state index contributed by atoms with van der Waals surface area (Å²) in [5.74, 6) is -1.66. The first-order valence-corrected chi connectivity index (χ1v) is 8.48. The molecule has 0 spiro atoms. The second kappa shape index (κ2) is 5.66. The summed E-state index contributed by atoms with van der Waals surface area (Å²) < 4.78 is 39.7. The minimum atomic E-state index is -3.88. The Kier molecular flexibility index (Phi) is 4.30. The van der Waals surface area contributed by atoms with Gasteiger partial charge in [0.25, 0.3) is 10.0 Å². The van der Waals surface area contributed by atoms with E-state index in [2.05, 4.69) is 4.72 Å². The normalized spacial score (nSPS) is 11.3. The van der Waals surface area contributed by atoms with Crippen molar-refractivity contribution in [2.45, 2.75) is 4.21 Å². The molecular weight excluding hydrogens is 420 g/mol. The number of aromatic carboxylic acids is 1. The molecule has 0 aliphatic heterocycles. The molecule has 9 heteroatoms. The maximum Gasteiger partial charge on any atom is 0.345 e. The highest BCUT2D eigenvalue weighted by Gasteiger charge is 2.20. The van der Waals surface area contributed by atoms with Gasteiger partial charge in [0.15, 0.2) is 0 Å². The summed E-state index contributed by atoms with van der Waals surface area (Å²) in [7, 11) is -3.88. The fourth-order valence-corrected chi connectivity index (χ4v) is 4.37. The number of halogens is 2. The van der Waals surface area contributed by atoms with Crippen LogP contribution >= 0.6 is 33.9 Å². The van der Waals surface area contributed by atoms with Gasteiger partial charge in [-0.05, 0) is 52.9 Å². The highest BCUT2D eigenvalue weighted by molar-refractivity contribution is 14.1. The number of carboxylic acids is 1. The van der Waals surface area contributed by atoms with E-state index in [4.69, 9.17) is 5.11 Å². The maximum absolute atomic E-state index is 13.0. The van der Waals surface area contributed by atoms with Crippen molar-refractivity contribution < 1.29 is 22.7 Å². The number of carboxylic acid groups (broad SMARTS) is 1. The lowest BCUT2D eigenvalue weighted by atomic mass is 10.3. The van der Waals surface area contributed by atoms with Crippen LogP contribution in [0, 0.1) is 9.39 Å². The molecule has 0 saturated heterocycles. The van der Waals surface area contributed by atoms with Gasteiger partial charge >= 0.3 is 5.97 Å². The minimum absolute atomic E-state index is 0.0702. The first-order valence-electron chi connectivity index (χ1n) is 5.10. The molecule has 0 radical (unpaired) electrons. The molecule has 0 fully saturated rings. The summed E-state index contributed by atoms with van der Waals surface area (Å²) in [6, 6.07) is 6.07. The van der Waals surface area contributed by atoms with Crippen LogP contribution < -0.4 is 4.72 Å². The quantitative estimate of drug-likeness (QED) is 0.736. The molecule has 0 atom stereocenters. The SMILES string of the molecule is O=C(O)c1ccc(S(=O)(=O)Nc2ccc(F)cc2I)s1. The molecule has 5 nitrogen and oxygen atoms in total. The van der Waals surface area contributed by atoms with Gasteiger partial charge in [-0.1, -0.05) is 0 Å². The van der Waals surface area contributed by atoms with Crippen LogP contribution in [0.15, 0.2) is 34.5 Å². The van der Waals surface area contributed by atoms with E-state index < -0.39 is 21.8 Å². The summed E-state index contributed by atoms with van der Waals surface area (Å²) in [6.45, 7) is 0. The summed E-state index contributed by atoms with van der Waals surface area (Å²) in [4.78, 5) is 10.7. The van der Waals surface area contributed by atoms with Crippen molar-refractivity contribution in [3.63, 3.8) is 0 Å². The van der Waals surface area contributed by atoms with Crippen LogP contribution in [0.5, 0.6) is 0 Å². The lowest BCUT2D eigenvalue weighted by Crippen LogP contribution is -2.12. The van der Waals surface area contributed by atoms with Crippen LogP contribution in [-0.4, -0.2) is 19.5 Å². The molecule has 0 aliphatic carbocycles. The largest absolute Gasteiger partial charge is 0.477 e. The molecule has 1 aromatic heterocycles. The standard InChI is InChI=1S/C11H7FINO4S2/c12-6-1-2-8(7(13)5-6)14-20(17,18)10-4-3-9(19-10)11(15)16/h1-5,14H,(H,15,16). The van der Waals surface area contributed by atoms with Gasteiger partial charge < -0.3 is 5.11 Å². The average Bonchev–Trinajstić information content (AvgIpc) is 2.83. The number of rotatable bonds is 4. The molecule has 0 saturated carbocycles. The number of thiophene rings is 1. The summed E-state index contributed by atoms with van der Waals surface area (Å²) in [5.41, 5.74) is 0.234. The molecule has 0 aliphatic rings. The van der Waals surface area contributed by atoms with E-state index in [1.807, 2.05) is 0 Å². The zero-order valence-electron chi connectivity index (χ0n) is 9.63. The predicted molar refractivity (Wildman–Crippen MR) is 81.2 cm³/mol. The molecule has 0 amide bonds. The van der Waals surface area contributed by atoms with Crippen molar-refractivity contribution in [3.05, 3.63) is 44.6 Å². The molecule has 1 aromatic carbocycles. The van der Waals surface area contributed by atoms with Crippen LogP contribution in [0.1, 0.15) is 9.67 Å². The number of hydrogen-bond acceptors (Lipinski definition) is 4. The van der Waals surface area contributed by atoms with E-state index in [-0.39, 0.29) is 14.8 Å². The van der Waals surface area contributed by atoms with E-state index >= 15 is 0 Å². The Balaban J connectivity index is 2.33. The summed E-state index contributed by atoms with van der Waals surface area (Å²) in [6.07, 6.45) is 0. The van der Waals surface area contributed by atoms with Gasteiger partial charge in [0.05, 0.1) is 5.69 Å². The van der Waals surface area contributed by atoms with Crippen molar-refractivity contribution in [3.8, 4) is 0 Å². The topological polar surface area (TPSA) is 83.5 Å². The lowest BCUT2D eigenvalue weighted by Gasteiger charge is -2.08. The Morgan fingerprint density at radius 1 is 1.30 bits per heavy atom. The summed E-state index contributed by atoms with van der Waals surface area (Å²) in [5, 5.41) is 8.78. The van der Waals surface area contributed by atoms with Crippen molar-refractivity contribution in [2.75, 3.05) is 4.72 Å². The smallest absolute Gasteiger partial charge is 0.345 e. The number of sulfonamides is 1. The summed E-state index contributed by atoms with van der Waals surface area (Å²) >= 11 is 2.45. The van der Waals surface area contributed by atoms with Gasteiger partial charge in [0, 0.05) is 3.57 Å². The van der Waals surface area contributed by atoms with Gasteiger partial charge in [-0.15, -0.1) is 11.3 Å². The number of hydrogen-bond donors (Lipinski definition) is 2. The zero-order valence-corrected chi connectivity index (χ0v) is 13.4. The van der Waals surface area contributed by atoms with E-state index in [9.17, 15) is 17.6 Å². The highest BCUT2D eigenvalue weighted by atomic mass is 127. The Bertz CT molecular complexity index is 772. The van der Waals surface area contributed by atoms with Crippen molar-refractivity contribution >= 4 is 55.6 Å². The Morgan fingerprint density at radius 3 is 2.55 bits per heavy atom. The first kappa shape index (κ1) is 15.2. The fraction of sp³-hybridized carbons (Fsp3) is 0. The third-order valence-corrected chi connectivity index (χ3v) is 6.06. The first-order chi connectivity index (χ1) is 9.29. The molecule has 106 valence electrons. The second-order valence-electron chi connectivity index (χ2n) is 3.65. The van der Waals surface area contributed by atoms with Crippen molar-refractivity contribution in [2.24, 2.45) is 0 Å². The van der Waals surface area contributed by atoms with Crippen LogP contribution in [-0.2, 0) is 10.0 Å². The maximum atomic E-state index is 13.0. The molecule has 0 unspecified atom stereocenters. The average molecular weight is 427 g/mol. The second-order valence-corrected chi connectivity index (χ2v) is 7.81. The number of benzene rings is 1. The van der Waals surface area contributed by atoms with Crippen LogP contribution in [0.2, 0.25) is 0 Å². The third kappa shape index (κ3) is 3.27. The van der Waals surface area contributed by atoms with E-state index in [0.717, 1.165) is 6.07 Å². The van der Waals surface area contributed by atoms with Crippen LogP contribution in [0.25, 0.3) is 0 Å². The minimum Gasteiger partial charge on any atom is -0.477 e. The number of anilines is 1. The molecular formula is C11H7FINO4S2. The van der Waals surface area contributed by atoms with Crippen molar-refractivity contribution in [1.29, 1.82) is 0 Å². The Labute approximate surface area is 131 Å². The Morgan fingerprint density at radius 2 is 2.00 bits per heavy atom. The highest BCUT2D eigenvalue weighted by Crippen LogP contribution is 2.26. The molecule has 20 heavy (non-hydrogen) atoms. The van der Waals surface area contributed by atoms with E-state index in [0.29, 0.717) is 14.9 Å². The molecule has 1 heterocycles. The molecule has 2 rings (SSSR count). The fourth-order valence-electron chi connectivity index (χ4n) is 1.35. The van der Waals surface area contributed by atoms with Crippen LogP contribution in [0.3, 0.4) is 0 Å². The van der Waals surface area contributed by atoms with Crippen LogP contribution in [0.4, 0.5) is 10.1 Å². The van der Waals surface area contributed by atoms with Gasteiger partial charge in [0.1, 0.15) is 14.9 Å².